The summed E-state index contributed by atoms with van der Waals surface area (Å²) in [6.07, 6.45) is -1.94. The van der Waals surface area contributed by atoms with E-state index in [1.54, 1.807) is 97.1 Å². The van der Waals surface area contributed by atoms with Crippen LogP contribution in [-0.2, 0) is 45.1 Å². The lowest BCUT2D eigenvalue weighted by Crippen LogP contribution is -2.49. The van der Waals surface area contributed by atoms with Crippen molar-refractivity contribution in [2.75, 3.05) is 9.80 Å². The Balaban J connectivity index is 1.44. The summed E-state index contributed by atoms with van der Waals surface area (Å²) in [5.41, 5.74) is 15.5. The topological polar surface area (TPSA) is 171 Å². The van der Waals surface area contributed by atoms with E-state index in [0.717, 1.165) is 11.1 Å². The highest BCUT2D eigenvalue weighted by atomic mass is 32.1. The zero-order chi connectivity index (χ0) is 34.6. The van der Waals surface area contributed by atoms with E-state index in [2.05, 4.69) is 9.36 Å². The van der Waals surface area contributed by atoms with Gasteiger partial charge < -0.3 is 20.9 Å². The van der Waals surface area contributed by atoms with Crippen LogP contribution in [0.2, 0.25) is 0 Å². The van der Waals surface area contributed by atoms with Crippen molar-refractivity contribution in [3.05, 3.63) is 144 Å². The number of ether oxygens (including phenoxy) is 2. The molecule has 4 N–H and O–H groups in total. The highest BCUT2D eigenvalue weighted by molar-refractivity contribution is 7.10. The summed E-state index contributed by atoms with van der Waals surface area (Å²) >= 11 is 0.598. The van der Waals surface area contributed by atoms with Crippen LogP contribution < -0.4 is 21.3 Å². The third-order valence-corrected chi connectivity index (χ3v) is 7.94. The van der Waals surface area contributed by atoms with Crippen molar-refractivity contribution in [3.63, 3.8) is 0 Å². The summed E-state index contributed by atoms with van der Waals surface area (Å²) in [6, 6.07) is 33.5. The second kappa shape index (κ2) is 16.9. The fraction of sp³-hybridized carbons (Fsp3) is 0.167. The Kier molecular flexibility index (Phi) is 11.9. The van der Waals surface area contributed by atoms with Crippen LogP contribution >= 0.6 is 11.5 Å². The van der Waals surface area contributed by atoms with E-state index < -0.39 is 42.0 Å². The fourth-order valence-electron chi connectivity index (χ4n) is 4.73. The van der Waals surface area contributed by atoms with E-state index in [9.17, 15) is 19.2 Å². The van der Waals surface area contributed by atoms with Crippen LogP contribution in [0, 0.1) is 0 Å². The van der Waals surface area contributed by atoms with Crippen molar-refractivity contribution in [1.82, 2.24) is 9.36 Å². The standard InChI is InChI=1S/C36H34N6O6S/c37-29(21-25-13-5-1-6-14-25)31(43)41(35(45)47-23-27-17-9-3-10-18-27)33-39-34(49-40-33)42(36(46)48-24-28-19-11-4-12-20-28)32(44)30(38)22-26-15-7-2-8-16-26/h1-20,29-30H,21-24,37-38H2/t29-,30-/m0/s1. The first-order valence-corrected chi connectivity index (χ1v) is 16.1. The van der Waals surface area contributed by atoms with Crippen molar-refractivity contribution in [1.29, 1.82) is 0 Å². The van der Waals surface area contributed by atoms with Crippen LogP contribution in [-0.4, -0.2) is 45.4 Å². The molecule has 0 aliphatic heterocycles. The number of hydrogen-bond acceptors (Lipinski definition) is 11. The molecule has 0 aliphatic carbocycles. The third kappa shape index (κ3) is 9.41. The zero-order valence-corrected chi connectivity index (χ0v) is 27.1. The molecule has 0 fully saturated rings. The smallest absolute Gasteiger partial charge is 0.424 e. The molecule has 2 atom stereocenters. The molecule has 0 radical (unpaired) electrons. The minimum Gasteiger partial charge on any atom is -0.444 e. The van der Waals surface area contributed by atoms with Crippen LogP contribution in [0.1, 0.15) is 22.3 Å². The second-order valence-corrected chi connectivity index (χ2v) is 11.6. The predicted octanol–water partition coefficient (Wildman–Crippen LogP) is 5.02. The minimum atomic E-state index is -1.19. The molecule has 0 bridgehead atoms. The highest BCUT2D eigenvalue weighted by Gasteiger charge is 2.37. The average molecular weight is 679 g/mol. The third-order valence-electron chi connectivity index (χ3n) is 7.24. The Hall–Kier alpha value is -5.76. The number of aromatic nitrogens is 2. The summed E-state index contributed by atoms with van der Waals surface area (Å²) in [4.78, 5) is 60.1. The molecule has 5 aromatic rings. The molecule has 5 rings (SSSR count). The molecule has 12 nitrogen and oxygen atoms in total. The van der Waals surface area contributed by atoms with Gasteiger partial charge in [-0.25, -0.2) is 9.59 Å². The molecule has 1 aromatic heterocycles. The van der Waals surface area contributed by atoms with Gasteiger partial charge >= 0.3 is 12.2 Å². The van der Waals surface area contributed by atoms with E-state index in [1.807, 2.05) is 24.3 Å². The lowest BCUT2D eigenvalue weighted by Gasteiger charge is -2.22. The number of anilines is 2. The second-order valence-electron chi connectivity index (χ2n) is 10.9. The fourth-order valence-corrected chi connectivity index (χ4v) is 5.39. The SMILES string of the molecule is N[C@@H](Cc1ccccc1)C(=O)N(C(=O)OCc1ccccc1)c1nsc(N(C(=O)OCc2ccccc2)C(=O)[C@@H](N)Cc2ccccc2)n1. The summed E-state index contributed by atoms with van der Waals surface area (Å²) in [5, 5.41) is -0.271. The average Bonchev–Trinajstić information content (AvgIpc) is 3.60. The maximum atomic E-state index is 13.8. The number of carbonyl (C=O) groups is 4. The molecule has 0 saturated carbocycles. The monoisotopic (exact) mass is 678 g/mol. The lowest BCUT2D eigenvalue weighted by molar-refractivity contribution is -0.120. The number of nitrogens with zero attached hydrogens (tertiary/aromatic N) is 4. The van der Waals surface area contributed by atoms with Gasteiger partial charge in [-0.1, -0.05) is 121 Å². The van der Waals surface area contributed by atoms with Gasteiger partial charge in [0.2, 0.25) is 5.13 Å². The Labute approximate surface area is 287 Å². The molecule has 0 aliphatic rings. The van der Waals surface area contributed by atoms with Crippen molar-refractivity contribution >= 4 is 46.6 Å². The molecule has 4 amide bonds. The summed E-state index contributed by atoms with van der Waals surface area (Å²) in [7, 11) is 0. The maximum absolute atomic E-state index is 13.8. The highest BCUT2D eigenvalue weighted by Crippen LogP contribution is 2.26. The van der Waals surface area contributed by atoms with Gasteiger partial charge in [-0.2, -0.15) is 19.2 Å². The van der Waals surface area contributed by atoms with E-state index in [4.69, 9.17) is 20.9 Å². The Morgan fingerprint density at radius 3 is 1.37 bits per heavy atom. The summed E-state index contributed by atoms with van der Waals surface area (Å²) in [5.74, 6) is -2.11. The van der Waals surface area contributed by atoms with Gasteiger partial charge in [0.15, 0.2) is 0 Å². The van der Waals surface area contributed by atoms with Gasteiger partial charge in [-0.05, 0) is 35.1 Å². The van der Waals surface area contributed by atoms with E-state index in [0.29, 0.717) is 32.5 Å². The van der Waals surface area contributed by atoms with Crippen LogP contribution in [0.25, 0.3) is 0 Å². The molecule has 0 spiro atoms. The van der Waals surface area contributed by atoms with Crippen molar-refractivity contribution in [2.24, 2.45) is 11.5 Å². The molecule has 4 aromatic carbocycles. The number of carbonyl (C=O) groups excluding carboxylic acids is 4. The largest absolute Gasteiger partial charge is 0.444 e. The normalized spacial score (nSPS) is 12.0. The molecule has 49 heavy (non-hydrogen) atoms. The molecule has 1 heterocycles. The van der Waals surface area contributed by atoms with E-state index in [1.165, 1.54) is 0 Å². The summed E-state index contributed by atoms with van der Waals surface area (Å²) < 4.78 is 15.1. The number of imide groups is 2. The van der Waals surface area contributed by atoms with Gasteiger partial charge in [0.1, 0.15) is 13.2 Å². The summed E-state index contributed by atoms with van der Waals surface area (Å²) in [6.45, 7) is -0.299. The van der Waals surface area contributed by atoms with Gasteiger partial charge in [-0.15, -0.1) is 0 Å². The Morgan fingerprint density at radius 2 is 0.939 bits per heavy atom. The molecule has 13 heteroatoms. The van der Waals surface area contributed by atoms with Crippen molar-refractivity contribution < 1.29 is 28.7 Å². The van der Waals surface area contributed by atoms with Gasteiger partial charge in [0.25, 0.3) is 17.8 Å². The molecule has 0 saturated heterocycles. The maximum Gasteiger partial charge on any atom is 0.424 e. The van der Waals surface area contributed by atoms with E-state index in [-0.39, 0.29) is 31.2 Å². The number of benzene rings is 4. The van der Waals surface area contributed by atoms with Crippen LogP contribution in [0.5, 0.6) is 0 Å². The lowest BCUT2D eigenvalue weighted by atomic mass is 10.1. The van der Waals surface area contributed by atoms with Gasteiger partial charge in [0, 0.05) is 11.5 Å². The quantitative estimate of drug-likeness (QED) is 0.183. The number of rotatable bonds is 12. The predicted molar refractivity (Wildman–Crippen MR) is 184 cm³/mol. The zero-order valence-electron chi connectivity index (χ0n) is 26.3. The number of amides is 4. The first-order valence-electron chi connectivity index (χ1n) is 15.3. The molecular formula is C36H34N6O6S. The van der Waals surface area contributed by atoms with Gasteiger partial charge in [0.05, 0.1) is 12.1 Å². The minimum absolute atomic E-state index is 0.101. The van der Waals surface area contributed by atoms with E-state index >= 15 is 0 Å². The molecular weight excluding hydrogens is 644 g/mol. The van der Waals surface area contributed by atoms with Crippen molar-refractivity contribution in [2.45, 2.75) is 38.1 Å². The van der Waals surface area contributed by atoms with Crippen LogP contribution in [0.15, 0.2) is 121 Å². The Bertz CT molecular complexity index is 1710. The first kappa shape index (κ1) is 34.6. The van der Waals surface area contributed by atoms with Crippen molar-refractivity contribution in [3.8, 4) is 0 Å². The van der Waals surface area contributed by atoms with Crippen LogP contribution in [0.3, 0.4) is 0 Å². The number of nitrogens with two attached hydrogens (primary N) is 2. The Morgan fingerprint density at radius 1 is 0.571 bits per heavy atom. The van der Waals surface area contributed by atoms with Crippen LogP contribution in [0.4, 0.5) is 20.7 Å². The number of hydrogen-bond donors (Lipinski definition) is 2. The molecule has 0 unspecified atom stereocenters. The first-order chi connectivity index (χ1) is 23.8. The molecule has 250 valence electrons. The van der Waals surface area contributed by atoms with Gasteiger partial charge in [-0.3, -0.25) is 9.59 Å².